The highest BCUT2D eigenvalue weighted by Crippen LogP contribution is 2.59. The molecule has 0 radical (unpaired) electrons. The number of carbonyl (C=O) groups excluding carboxylic acids is 2. The maximum atomic E-state index is 14.3. The van der Waals surface area contributed by atoms with Crippen molar-refractivity contribution in [2.75, 3.05) is 13.7 Å². The van der Waals surface area contributed by atoms with E-state index in [1.807, 2.05) is 0 Å². The number of amides is 1. The number of ether oxygens (including phenoxy) is 1. The third kappa shape index (κ3) is 3.75. The molecule has 4 saturated carbocycles. The van der Waals surface area contributed by atoms with Crippen molar-refractivity contribution in [3.8, 4) is 11.1 Å². The van der Waals surface area contributed by atoms with E-state index in [1.54, 1.807) is 36.4 Å². The summed E-state index contributed by atoms with van der Waals surface area (Å²) in [7, 11) is 1.23. The Bertz CT molecular complexity index is 996. The molecule has 5 heteroatoms. The highest BCUT2D eigenvalue weighted by atomic mass is 19.1. The number of nitrogens with one attached hydrogen (secondary N) is 1. The summed E-state index contributed by atoms with van der Waals surface area (Å²) in [5.74, 6) is 1.04. The molecule has 4 fully saturated rings. The Morgan fingerprint density at radius 2 is 1.68 bits per heavy atom. The fourth-order valence-electron chi connectivity index (χ4n) is 6.78. The first-order chi connectivity index (χ1) is 15.0. The predicted molar refractivity (Wildman–Crippen MR) is 116 cm³/mol. The summed E-state index contributed by atoms with van der Waals surface area (Å²) in [6.45, 7) is 0.729. The smallest absolute Gasteiger partial charge is 0.341 e. The molecule has 0 heterocycles. The van der Waals surface area contributed by atoms with Gasteiger partial charge >= 0.3 is 5.97 Å². The Kier molecular flexibility index (Phi) is 5.07. The molecular formula is C26H28FNO3. The quantitative estimate of drug-likeness (QED) is 0.673. The molecule has 4 aliphatic carbocycles. The zero-order chi connectivity index (χ0) is 21.6. The topological polar surface area (TPSA) is 55.4 Å². The average Bonchev–Trinajstić information content (AvgIpc) is 2.76. The summed E-state index contributed by atoms with van der Waals surface area (Å²) in [5, 5.41) is 3.19. The van der Waals surface area contributed by atoms with E-state index >= 15 is 0 Å². The van der Waals surface area contributed by atoms with Gasteiger partial charge in [-0.15, -0.1) is 0 Å². The Morgan fingerprint density at radius 1 is 1.03 bits per heavy atom. The molecule has 4 nitrogen and oxygen atoms in total. The van der Waals surface area contributed by atoms with Crippen LogP contribution in [0.4, 0.5) is 4.39 Å². The van der Waals surface area contributed by atoms with Crippen LogP contribution in [0.3, 0.4) is 0 Å². The second kappa shape index (κ2) is 7.77. The number of esters is 1. The number of hydrogen-bond donors (Lipinski definition) is 1. The third-order valence-electron chi connectivity index (χ3n) is 7.63. The number of benzene rings is 2. The molecule has 1 N–H and O–H groups in total. The second-order valence-electron chi connectivity index (χ2n) is 9.84. The van der Waals surface area contributed by atoms with Crippen LogP contribution >= 0.6 is 0 Å². The summed E-state index contributed by atoms with van der Waals surface area (Å²) in [6, 6.07) is 11.5. The van der Waals surface area contributed by atoms with Crippen LogP contribution in [0.2, 0.25) is 0 Å². The molecule has 0 atom stereocenters. The molecule has 4 aliphatic rings. The SMILES string of the molecule is COC(=O)c1c(F)cccc1-c1cccc(C(=O)NCC23CC4CC(CC(C4)C2)C3)c1. The van der Waals surface area contributed by atoms with Crippen LogP contribution in [0.5, 0.6) is 0 Å². The van der Waals surface area contributed by atoms with E-state index in [9.17, 15) is 14.0 Å². The maximum Gasteiger partial charge on any atom is 0.341 e. The maximum absolute atomic E-state index is 14.3. The molecule has 0 aromatic heterocycles. The van der Waals surface area contributed by atoms with Gasteiger partial charge in [0.05, 0.1) is 7.11 Å². The van der Waals surface area contributed by atoms with Crippen LogP contribution in [0.15, 0.2) is 42.5 Å². The van der Waals surface area contributed by atoms with E-state index in [1.165, 1.54) is 51.7 Å². The first kappa shape index (κ1) is 20.2. The first-order valence-corrected chi connectivity index (χ1v) is 11.2. The van der Waals surface area contributed by atoms with Crippen LogP contribution < -0.4 is 5.32 Å². The minimum atomic E-state index is -0.732. The van der Waals surface area contributed by atoms with Gasteiger partial charge in [-0.05, 0) is 91.0 Å². The standard InChI is InChI=1S/C26H28FNO3/c1-31-25(30)23-21(6-3-7-22(23)27)19-4-2-5-20(11-19)24(29)28-15-26-12-16-8-17(13-26)10-18(9-16)14-26/h2-7,11,16-18H,8-10,12-15H2,1H3,(H,28,29). The molecule has 162 valence electrons. The highest BCUT2D eigenvalue weighted by molar-refractivity contribution is 5.99. The largest absolute Gasteiger partial charge is 0.465 e. The van der Waals surface area contributed by atoms with E-state index < -0.39 is 11.8 Å². The molecule has 0 unspecified atom stereocenters. The van der Waals surface area contributed by atoms with Crippen molar-refractivity contribution in [3.63, 3.8) is 0 Å². The molecule has 2 aromatic rings. The molecule has 31 heavy (non-hydrogen) atoms. The lowest BCUT2D eigenvalue weighted by Crippen LogP contribution is -2.51. The Morgan fingerprint density at radius 3 is 2.32 bits per heavy atom. The third-order valence-corrected chi connectivity index (χ3v) is 7.63. The average molecular weight is 422 g/mol. The fraction of sp³-hybridized carbons (Fsp3) is 0.462. The van der Waals surface area contributed by atoms with Crippen molar-refractivity contribution in [1.29, 1.82) is 0 Å². The second-order valence-corrected chi connectivity index (χ2v) is 9.84. The lowest BCUT2D eigenvalue weighted by molar-refractivity contribution is -0.0503. The Labute approximate surface area is 182 Å². The van der Waals surface area contributed by atoms with Crippen LogP contribution in [0, 0.1) is 29.0 Å². The summed E-state index contributed by atoms with van der Waals surface area (Å²) in [6.07, 6.45) is 7.86. The van der Waals surface area contributed by atoms with Crippen molar-refractivity contribution in [2.45, 2.75) is 38.5 Å². The van der Waals surface area contributed by atoms with Gasteiger partial charge in [0.25, 0.3) is 5.91 Å². The van der Waals surface area contributed by atoms with Gasteiger partial charge in [0.2, 0.25) is 0 Å². The van der Waals surface area contributed by atoms with E-state index in [2.05, 4.69) is 5.32 Å². The van der Waals surface area contributed by atoms with Crippen molar-refractivity contribution < 1.29 is 18.7 Å². The monoisotopic (exact) mass is 421 g/mol. The number of carbonyl (C=O) groups is 2. The van der Waals surface area contributed by atoms with Gasteiger partial charge < -0.3 is 10.1 Å². The zero-order valence-corrected chi connectivity index (χ0v) is 17.8. The molecular weight excluding hydrogens is 393 g/mol. The van der Waals surface area contributed by atoms with Crippen molar-refractivity contribution in [3.05, 3.63) is 59.4 Å². The lowest BCUT2D eigenvalue weighted by atomic mass is 9.49. The highest BCUT2D eigenvalue weighted by Gasteiger charge is 2.50. The molecule has 0 aliphatic heterocycles. The van der Waals surface area contributed by atoms with Crippen LogP contribution in [-0.4, -0.2) is 25.5 Å². The molecule has 1 amide bonds. The van der Waals surface area contributed by atoms with Gasteiger partial charge in [0.15, 0.2) is 0 Å². The van der Waals surface area contributed by atoms with E-state index in [4.69, 9.17) is 4.74 Å². The van der Waals surface area contributed by atoms with Crippen LogP contribution in [0.1, 0.15) is 59.2 Å². The van der Waals surface area contributed by atoms with Crippen molar-refractivity contribution >= 4 is 11.9 Å². The molecule has 0 saturated heterocycles. The van der Waals surface area contributed by atoms with Gasteiger partial charge in [0, 0.05) is 12.1 Å². The number of halogens is 1. The van der Waals surface area contributed by atoms with Gasteiger partial charge in [-0.1, -0.05) is 24.3 Å². The van der Waals surface area contributed by atoms with Gasteiger partial charge in [-0.2, -0.15) is 0 Å². The lowest BCUT2D eigenvalue weighted by Gasteiger charge is -2.56. The normalized spacial score (nSPS) is 28.4. The molecule has 0 spiro atoms. The Balaban J connectivity index is 1.35. The minimum absolute atomic E-state index is 0.115. The summed E-state index contributed by atoms with van der Waals surface area (Å²) >= 11 is 0. The fourth-order valence-corrected chi connectivity index (χ4v) is 6.78. The number of hydrogen-bond acceptors (Lipinski definition) is 3. The number of methoxy groups -OCH3 is 1. The van der Waals surface area contributed by atoms with Gasteiger partial charge in [0.1, 0.15) is 11.4 Å². The summed E-state index contributed by atoms with van der Waals surface area (Å²) < 4.78 is 19.1. The first-order valence-electron chi connectivity index (χ1n) is 11.2. The summed E-state index contributed by atoms with van der Waals surface area (Å²) in [5.41, 5.74) is 1.70. The van der Waals surface area contributed by atoms with E-state index in [0.29, 0.717) is 16.7 Å². The molecule has 4 bridgehead atoms. The van der Waals surface area contributed by atoms with E-state index in [0.717, 1.165) is 24.3 Å². The summed E-state index contributed by atoms with van der Waals surface area (Å²) in [4.78, 5) is 25.1. The van der Waals surface area contributed by atoms with Gasteiger partial charge in [-0.25, -0.2) is 9.18 Å². The molecule has 2 aromatic carbocycles. The van der Waals surface area contributed by atoms with Crippen LogP contribution in [-0.2, 0) is 4.74 Å². The van der Waals surface area contributed by atoms with Crippen molar-refractivity contribution in [1.82, 2.24) is 5.32 Å². The number of rotatable bonds is 5. The zero-order valence-electron chi connectivity index (χ0n) is 17.8. The van der Waals surface area contributed by atoms with E-state index in [-0.39, 0.29) is 16.9 Å². The Hall–Kier alpha value is -2.69. The van der Waals surface area contributed by atoms with Gasteiger partial charge in [-0.3, -0.25) is 4.79 Å². The predicted octanol–water partition coefficient (Wildman–Crippen LogP) is 5.23. The van der Waals surface area contributed by atoms with Crippen molar-refractivity contribution in [2.24, 2.45) is 23.2 Å². The molecule has 6 rings (SSSR count). The van der Waals surface area contributed by atoms with Crippen LogP contribution in [0.25, 0.3) is 11.1 Å². The minimum Gasteiger partial charge on any atom is -0.465 e.